The number of carbonyl (C=O) groups excluding carboxylic acids is 2. The molecule has 260 valence electrons. The molecule has 0 spiro atoms. The summed E-state index contributed by atoms with van der Waals surface area (Å²) in [7, 11) is 0. The Balaban J connectivity index is 3.40. The van der Waals surface area contributed by atoms with Crippen molar-refractivity contribution in [1.82, 2.24) is 0 Å². The zero-order valence-electron chi connectivity index (χ0n) is 29.1. The van der Waals surface area contributed by atoms with E-state index in [1.165, 1.54) is 64.2 Å². The normalized spacial score (nSPS) is 12.9. The van der Waals surface area contributed by atoms with Crippen LogP contribution in [0.4, 0.5) is 0 Å². The van der Waals surface area contributed by atoms with Crippen molar-refractivity contribution in [3.05, 3.63) is 12.2 Å². The van der Waals surface area contributed by atoms with E-state index in [0.717, 1.165) is 103 Å². The molecule has 0 saturated carbocycles. The molecule has 0 heterocycles. The molecule has 0 aliphatic heterocycles. The maximum atomic E-state index is 11.9. The van der Waals surface area contributed by atoms with Crippen molar-refractivity contribution in [3.8, 4) is 0 Å². The van der Waals surface area contributed by atoms with Gasteiger partial charge in [0, 0.05) is 12.8 Å². The van der Waals surface area contributed by atoms with Crippen molar-refractivity contribution in [3.63, 3.8) is 0 Å². The number of aliphatic hydroxyl groups excluding tert-OH is 2. The van der Waals surface area contributed by atoms with E-state index in [4.69, 9.17) is 9.47 Å². The second-order valence-corrected chi connectivity index (χ2v) is 12.8. The van der Waals surface area contributed by atoms with Gasteiger partial charge >= 0.3 is 11.9 Å². The van der Waals surface area contributed by atoms with Crippen LogP contribution in [0.1, 0.15) is 194 Å². The summed E-state index contributed by atoms with van der Waals surface area (Å²) in [5.41, 5.74) is 0. The molecule has 0 aromatic rings. The average molecular weight is 625 g/mol. The van der Waals surface area contributed by atoms with Crippen LogP contribution in [0.3, 0.4) is 0 Å². The van der Waals surface area contributed by atoms with E-state index in [0.29, 0.717) is 12.8 Å². The van der Waals surface area contributed by atoms with E-state index in [-0.39, 0.29) is 37.4 Å². The number of hydrogen-bond donors (Lipinski definition) is 2. The Morgan fingerprint density at radius 2 is 0.886 bits per heavy atom. The molecule has 2 N–H and O–H groups in total. The number of allylic oxidation sites excluding steroid dienone is 1. The van der Waals surface area contributed by atoms with Crippen LogP contribution in [-0.2, 0) is 19.1 Å². The van der Waals surface area contributed by atoms with Gasteiger partial charge in [-0.3, -0.25) is 9.59 Å². The van der Waals surface area contributed by atoms with Gasteiger partial charge in [-0.15, -0.1) is 0 Å². The maximum absolute atomic E-state index is 11.9. The molecule has 0 bridgehead atoms. The number of unbranched alkanes of at least 4 members (excludes halogenated alkanes) is 18. The molecule has 0 fully saturated rings. The molecule has 2 atom stereocenters. The Morgan fingerprint density at radius 3 is 1.36 bits per heavy atom. The summed E-state index contributed by atoms with van der Waals surface area (Å²) in [5, 5.41) is 20.0. The first-order chi connectivity index (χ1) is 21.5. The van der Waals surface area contributed by atoms with E-state index in [9.17, 15) is 19.8 Å². The maximum Gasteiger partial charge on any atom is 0.305 e. The molecule has 0 aliphatic carbocycles. The molecule has 2 unspecified atom stereocenters. The summed E-state index contributed by atoms with van der Waals surface area (Å²) >= 11 is 0. The summed E-state index contributed by atoms with van der Waals surface area (Å²) in [6.07, 6.45) is 33.5. The minimum absolute atomic E-state index is 0.111. The van der Waals surface area contributed by atoms with Gasteiger partial charge in [0.25, 0.3) is 0 Å². The predicted molar refractivity (Wildman–Crippen MR) is 184 cm³/mol. The Kier molecular flexibility index (Phi) is 33.4. The fraction of sp³-hybridized carbons (Fsp3) is 0.895. The molecule has 0 aliphatic rings. The molecule has 0 radical (unpaired) electrons. The van der Waals surface area contributed by atoms with Crippen LogP contribution in [-0.4, -0.2) is 47.6 Å². The minimum atomic E-state index is -0.212. The first-order valence-electron chi connectivity index (χ1n) is 18.8. The third-order valence-electron chi connectivity index (χ3n) is 8.39. The van der Waals surface area contributed by atoms with Gasteiger partial charge in [0.1, 0.15) is 13.2 Å². The number of ether oxygens (including phenoxy) is 2. The lowest BCUT2D eigenvalue weighted by Crippen LogP contribution is -2.13. The number of hydrogen-bond acceptors (Lipinski definition) is 6. The van der Waals surface area contributed by atoms with Gasteiger partial charge in [0.15, 0.2) is 0 Å². The third-order valence-corrected chi connectivity index (χ3v) is 8.39. The van der Waals surface area contributed by atoms with Crippen LogP contribution in [0.2, 0.25) is 0 Å². The van der Waals surface area contributed by atoms with Crippen molar-refractivity contribution in [2.45, 2.75) is 206 Å². The molecule has 0 amide bonds. The highest BCUT2D eigenvalue weighted by molar-refractivity contribution is 5.70. The molecule has 6 nitrogen and oxygen atoms in total. The number of esters is 2. The number of rotatable bonds is 34. The van der Waals surface area contributed by atoms with Crippen LogP contribution >= 0.6 is 0 Å². The van der Waals surface area contributed by atoms with E-state index >= 15 is 0 Å². The van der Waals surface area contributed by atoms with Crippen molar-refractivity contribution in [1.29, 1.82) is 0 Å². The standard InChI is InChI=1S/C38H72O6/c1-3-5-7-21-27-35(39)29-23-17-13-9-11-15-19-25-31-37(41)43-33-34-44-38(42)32-26-20-16-12-10-14-18-24-30-36(40)28-22-8-6-4-2/h17,23,35-36,39-40H,3-16,18-22,24-34H2,1-2H3. The van der Waals surface area contributed by atoms with Gasteiger partial charge in [0.2, 0.25) is 0 Å². The fourth-order valence-electron chi connectivity index (χ4n) is 5.47. The quantitative estimate of drug-likeness (QED) is 0.0420. The Morgan fingerprint density at radius 1 is 0.500 bits per heavy atom. The van der Waals surface area contributed by atoms with E-state index in [2.05, 4.69) is 26.0 Å². The predicted octanol–water partition coefficient (Wildman–Crippen LogP) is 10.3. The zero-order chi connectivity index (χ0) is 32.4. The summed E-state index contributed by atoms with van der Waals surface area (Å²) in [5.74, 6) is -0.418. The molecule has 0 aromatic heterocycles. The Labute approximate surface area is 272 Å². The molecule has 0 rings (SSSR count). The van der Waals surface area contributed by atoms with Gasteiger partial charge in [-0.1, -0.05) is 142 Å². The minimum Gasteiger partial charge on any atom is -0.462 e. The first-order valence-corrected chi connectivity index (χ1v) is 18.8. The second kappa shape index (κ2) is 34.5. The topological polar surface area (TPSA) is 93.1 Å². The van der Waals surface area contributed by atoms with Gasteiger partial charge in [0.05, 0.1) is 12.2 Å². The number of aliphatic hydroxyl groups is 2. The highest BCUT2D eigenvalue weighted by Crippen LogP contribution is 2.15. The lowest BCUT2D eigenvalue weighted by atomic mass is 10.0. The summed E-state index contributed by atoms with van der Waals surface area (Å²) in [6.45, 7) is 4.70. The molecule has 0 aromatic carbocycles. The largest absolute Gasteiger partial charge is 0.462 e. The highest BCUT2D eigenvalue weighted by atomic mass is 16.6. The summed E-state index contributed by atoms with van der Waals surface area (Å²) in [6, 6.07) is 0. The zero-order valence-corrected chi connectivity index (χ0v) is 29.1. The monoisotopic (exact) mass is 625 g/mol. The van der Waals surface area contributed by atoms with Crippen molar-refractivity contribution in [2.24, 2.45) is 0 Å². The van der Waals surface area contributed by atoms with E-state index < -0.39 is 0 Å². The van der Waals surface area contributed by atoms with Crippen LogP contribution in [0.5, 0.6) is 0 Å². The highest BCUT2D eigenvalue weighted by Gasteiger charge is 2.07. The van der Waals surface area contributed by atoms with E-state index in [1.54, 1.807) is 0 Å². The molecule has 6 heteroatoms. The van der Waals surface area contributed by atoms with Gasteiger partial charge < -0.3 is 19.7 Å². The van der Waals surface area contributed by atoms with Crippen molar-refractivity contribution in [2.75, 3.05) is 13.2 Å². The summed E-state index contributed by atoms with van der Waals surface area (Å²) < 4.78 is 10.4. The molecular weight excluding hydrogens is 552 g/mol. The van der Waals surface area contributed by atoms with Crippen molar-refractivity contribution >= 4 is 11.9 Å². The van der Waals surface area contributed by atoms with Crippen LogP contribution in [0.25, 0.3) is 0 Å². The van der Waals surface area contributed by atoms with Gasteiger partial charge in [-0.2, -0.15) is 0 Å². The fourth-order valence-corrected chi connectivity index (χ4v) is 5.47. The molecular formula is C38H72O6. The second-order valence-electron chi connectivity index (χ2n) is 12.8. The summed E-state index contributed by atoms with van der Waals surface area (Å²) in [4.78, 5) is 23.8. The molecule has 44 heavy (non-hydrogen) atoms. The first kappa shape index (κ1) is 42.6. The third kappa shape index (κ3) is 33.5. The van der Waals surface area contributed by atoms with E-state index in [1.807, 2.05) is 0 Å². The number of carbonyl (C=O) groups is 2. The van der Waals surface area contributed by atoms with Gasteiger partial charge in [-0.25, -0.2) is 0 Å². The average Bonchev–Trinajstić information content (AvgIpc) is 3.01. The van der Waals surface area contributed by atoms with Crippen LogP contribution < -0.4 is 0 Å². The lowest BCUT2D eigenvalue weighted by Gasteiger charge is -2.10. The van der Waals surface area contributed by atoms with Gasteiger partial charge in [-0.05, 0) is 51.4 Å². The Bertz CT molecular complexity index is 649. The molecule has 0 saturated heterocycles. The smallest absolute Gasteiger partial charge is 0.305 e. The Hall–Kier alpha value is -1.40. The van der Waals surface area contributed by atoms with Crippen molar-refractivity contribution < 1.29 is 29.3 Å². The SMILES string of the molecule is CCCCCCC(O)CC=CCCCCCCCC(=O)OCCOC(=O)CCCCCCCCCCC(O)CCCCCC. The van der Waals surface area contributed by atoms with Crippen LogP contribution in [0, 0.1) is 0 Å². The van der Waals surface area contributed by atoms with Crippen LogP contribution in [0.15, 0.2) is 12.2 Å². The lowest BCUT2D eigenvalue weighted by molar-refractivity contribution is -0.152.